The number of methoxy groups -OCH3 is 1. The lowest BCUT2D eigenvalue weighted by Gasteiger charge is -2.16. The highest BCUT2D eigenvalue weighted by Crippen LogP contribution is 2.18. The normalized spacial score (nSPS) is 24.0. The van der Waals surface area contributed by atoms with E-state index in [-0.39, 0.29) is 0 Å². The Morgan fingerprint density at radius 1 is 1.64 bits per heavy atom. The summed E-state index contributed by atoms with van der Waals surface area (Å²) in [7, 11) is 1.74. The molecule has 0 amide bonds. The average Bonchev–Trinajstić information content (AvgIpc) is 2.70. The van der Waals surface area contributed by atoms with Gasteiger partial charge in [0.15, 0.2) is 0 Å². The first-order valence-electron chi connectivity index (χ1n) is 5.24. The summed E-state index contributed by atoms with van der Waals surface area (Å²) in [4.78, 5) is 0. The fourth-order valence-electron chi connectivity index (χ4n) is 1.55. The van der Waals surface area contributed by atoms with E-state index in [1.165, 1.54) is 0 Å². The van der Waals surface area contributed by atoms with E-state index in [1.54, 1.807) is 7.11 Å². The van der Waals surface area contributed by atoms with Crippen molar-refractivity contribution in [3.8, 4) is 0 Å². The molecule has 0 aliphatic carbocycles. The molecule has 14 heavy (non-hydrogen) atoms. The van der Waals surface area contributed by atoms with Crippen LogP contribution in [0.3, 0.4) is 0 Å². The molecule has 1 saturated heterocycles. The predicted octanol–water partition coefficient (Wildman–Crippen LogP) is 1.12. The van der Waals surface area contributed by atoms with Crippen molar-refractivity contribution < 1.29 is 9.47 Å². The zero-order chi connectivity index (χ0) is 10.2. The zero-order valence-electron chi connectivity index (χ0n) is 8.91. The Morgan fingerprint density at radius 3 is 3.14 bits per heavy atom. The highest BCUT2D eigenvalue weighted by molar-refractivity contribution is 7.99. The van der Waals surface area contributed by atoms with E-state index in [0.29, 0.717) is 12.0 Å². The molecule has 4 heteroatoms. The number of hydrogen-bond acceptors (Lipinski definition) is 4. The predicted molar refractivity (Wildman–Crippen MR) is 60.7 cm³/mol. The van der Waals surface area contributed by atoms with Crippen LogP contribution >= 0.6 is 11.8 Å². The largest absolute Gasteiger partial charge is 0.385 e. The van der Waals surface area contributed by atoms with Gasteiger partial charge in [-0.3, -0.25) is 0 Å². The fourth-order valence-corrected chi connectivity index (χ4v) is 2.58. The maximum Gasteiger partial charge on any atom is 0.0510 e. The first kappa shape index (κ1) is 12.3. The Balaban J connectivity index is 1.94. The van der Waals surface area contributed by atoms with Gasteiger partial charge < -0.3 is 15.2 Å². The van der Waals surface area contributed by atoms with Crippen molar-refractivity contribution >= 4 is 11.8 Å². The van der Waals surface area contributed by atoms with Crippen molar-refractivity contribution in [1.29, 1.82) is 0 Å². The SMILES string of the molecule is COCCCSCC(N)C1CCOC1. The summed E-state index contributed by atoms with van der Waals surface area (Å²) in [5.41, 5.74) is 6.06. The van der Waals surface area contributed by atoms with Crippen molar-refractivity contribution in [2.45, 2.75) is 18.9 Å². The minimum atomic E-state index is 0.310. The highest BCUT2D eigenvalue weighted by Gasteiger charge is 2.22. The van der Waals surface area contributed by atoms with Gasteiger partial charge in [-0.2, -0.15) is 11.8 Å². The van der Waals surface area contributed by atoms with Crippen LogP contribution in [-0.4, -0.2) is 44.5 Å². The van der Waals surface area contributed by atoms with Gasteiger partial charge in [-0.1, -0.05) is 0 Å². The number of nitrogens with two attached hydrogens (primary N) is 1. The summed E-state index contributed by atoms with van der Waals surface area (Å²) in [6.45, 7) is 2.61. The lowest BCUT2D eigenvalue weighted by Crippen LogP contribution is -2.32. The maximum absolute atomic E-state index is 6.06. The second-order valence-corrected chi connectivity index (χ2v) is 4.86. The molecule has 0 radical (unpaired) electrons. The average molecular weight is 219 g/mol. The Labute approximate surface area is 90.7 Å². The van der Waals surface area contributed by atoms with Crippen molar-refractivity contribution in [1.82, 2.24) is 0 Å². The second kappa shape index (κ2) is 7.51. The molecule has 0 aromatic rings. The summed E-state index contributed by atoms with van der Waals surface area (Å²) in [6, 6.07) is 0.310. The van der Waals surface area contributed by atoms with Crippen LogP contribution in [0, 0.1) is 5.92 Å². The first-order valence-corrected chi connectivity index (χ1v) is 6.40. The van der Waals surface area contributed by atoms with Gasteiger partial charge in [-0.15, -0.1) is 0 Å². The van der Waals surface area contributed by atoms with Gasteiger partial charge in [0, 0.05) is 38.0 Å². The van der Waals surface area contributed by atoms with Crippen LogP contribution in [-0.2, 0) is 9.47 Å². The van der Waals surface area contributed by atoms with E-state index in [4.69, 9.17) is 15.2 Å². The number of hydrogen-bond donors (Lipinski definition) is 1. The molecule has 84 valence electrons. The van der Waals surface area contributed by atoms with Crippen LogP contribution in [0.25, 0.3) is 0 Å². The molecule has 1 aliphatic rings. The van der Waals surface area contributed by atoms with E-state index in [0.717, 1.165) is 44.2 Å². The Kier molecular flexibility index (Phi) is 6.60. The maximum atomic E-state index is 6.06. The fraction of sp³-hybridized carbons (Fsp3) is 1.00. The third-order valence-corrected chi connectivity index (χ3v) is 3.72. The zero-order valence-corrected chi connectivity index (χ0v) is 9.72. The standard InChI is InChI=1S/C10H21NO2S/c1-12-4-2-6-14-8-10(11)9-3-5-13-7-9/h9-10H,2-8,11H2,1H3. The Hall–Kier alpha value is 0.230. The summed E-state index contributed by atoms with van der Waals surface area (Å²) >= 11 is 1.93. The first-order chi connectivity index (χ1) is 6.84. The van der Waals surface area contributed by atoms with Gasteiger partial charge in [0.1, 0.15) is 0 Å². The summed E-state index contributed by atoms with van der Waals surface area (Å²) in [5.74, 6) is 2.79. The van der Waals surface area contributed by atoms with Crippen LogP contribution in [0.1, 0.15) is 12.8 Å². The molecule has 1 fully saturated rings. The van der Waals surface area contributed by atoms with Crippen LogP contribution in [0.15, 0.2) is 0 Å². The van der Waals surface area contributed by atoms with E-state index >= 15 is 0 Å². The van der Waals surface area contributed by atoms with Crippen LogP contribution in [0.2, 0.25) is 0 Å². The van der Waals surface area contributed by atoms with E-state index in [9.17, 15) is 0 Å². The number of thioether (sulfide) groups is 1. The molecule has 3 nitrogen and oxygen atoms in total. The van der Waals surface area contributed by atoms with Crippen LogP contribution in [0.5, 0.6) is 0 Å². The van der Waals surface area contributed by atoms with Crippen molar-refractivity contribution in [3.05, 3.63) is 0 Å². The Bertz CT molecular complexity index is 140. The van der Waals surface area contributed by atoms with Gasteiger partial charge >= 0.3 is 0 Å². The molecule has 1 heterocycles. The van der Waals surface area contributed by atoms with Crippen molar-refractivity contribution in [2.24, 2.45) is 11.7 Å². The molecule has 1 rings (SSSR count). The molecule has 1 aliphatic heterocycles. The van der Waals surface area contributed by atoms with Gasteiger partial charge in [0.05, 0.1) is 6.61 Å². The topological polar surface area (TPSA) is 44.5 Å². The third kappa shape index (κ3) is 4.64. The molecule has 0 aromatic carbocycles. The molecule has 2 atom stereocenters. The summed E-state index contributed by atoms with van der Waals surface area (Å²) in [5, 5.41) is 0. The van der Waals surface area contributed by atoms with Gasteiger partial charge in [-0.25, -0.2) is 0 Å². The lowest BCUT2D eigenvalue weighted by atomic mass is 10.0. The van der Waals surface area contributed by atoms with Crippen molar-refractivity contribution in [2.75, 3.05) is 38.4 Å². The third-order valence-electron chi connectivity index (χ3n) is 2.52. The molecule has 0 bridgehead atoms. The molecule has 0 aromatic heterocycles. The molecular weight excluding hydrogens is 198 g/mol. The van der Waals surface area contributed by atoms with Crippen LogP contribution in [0.4, 0.5) is 0 Å². The Morgan fingerprint density at radius 2 is 2.50 bits per heavy atom. The minimum Gasteiger partial charge on any atom is -0.385 e. The van der Waals surface area contributed by atoms with Gasteiger partial charge in [0.25, 0.3) is 0 Å². The van der Waals surface area contributed by atoms with Gasteiger partial charge in [-0.05, 0) is 18.6 Å². The number of rotatable bonds is 7. The minimum absolute atomic E-state index is 0.310. The smallest absolute Gasteiger partial charge is 0.0510 e. The lowest BCUT2D eigenvalue weighted by molar-refractivity contribution is 0.182. The number of ether oxygens (including phenoxy) is 2. The second-order valence-electron chi connectivity index (χ2n) is 3.71. The summed E-state index contributed by atoms with van der Waals surface area (Å²) < 4.78 is 10.3. The van der Waals surface area contributed by atoms with Gasteiger partial charge in [0.2, 0.25) is 0 Å². The van der Waals surface area contributed by atoms with E-state index in [2.05, 4.69) is 0 Å². The molecule has 2 N–H and O–H groups in total. The monoisotopic (exact) mass is 219 g/mol. The van der Waals surface area contributed by atoms with E-state index in [1.807, 2.05) is 11.8 Å². The molecule has 0 spiro atoms. The molecule has 0 saturated carbocycles. The molecule has 2 unspecified atom stereocenters. The highest BCUT2D eigenvalue weighted by atomic mass is 32.2. The van der Waals surface area contributed by atoms with Crippen molar-refractivity contribution in [3.63, 3.8) is 0 Å². The summed E-state index contributed by atoms with van der Waals surface area (Å²) in [6.07, 6.45) is 2.26. The van der Waals surface area contributed by atoms with Crippen LogP contribution < -0.4 is 5.73 Å². The van der Waals surface area contributed by atoms with E-state index < -0.39 is 0 Å². The quantitative estimate of drug-likeness (QED) is 0.652. The molecular formula is C10H21NO2S.